The molecular formula is C35H66NO6+. The number of unbranched alkanes of at least 4 members (excludes halogenated alkanes) is 17. The molecule has 7 nitrogen and oxygen atoms in total. The van der Waals surface area contributed by atoms with Crippen molar-refractivity contribution in [3.63, 3.8) is 0 Å². The molecule has 0 spiro atoms. The SMILES string of the molecule is CCCCCCCCCCCCCCCCCCC/C=C/CC[N+](C(CC)C(=O)O)(C(CC)C(=O)O)C(CC)C(=O)O. The van der Waals surface area contributed by atoms with Crippen molar-refractivity contribution in [2.45, 2.75) is 187 Å². The third-order valence-corrected chi connectivity index (χ3v) is 9.08. The number of carboxylic acids is 3. The summed E-state index contributed by atoms with van der Waals surface area (Å²) in [5, 5.41) is 30.0. The second-order valence-electron chi connectivity index (χ2n) is 12.2. The lowest BCUT2D eigenvalue weighted by Crippen LogP contribution is -2.72. The Morgan fingerprint density at radius 2 is 0.762 bits per heavy atom. The normalized spacial score (nSPS) is 15.3. The maximum Gasteiger partial charge on any atom is 0.362 e. The number of hydrogen-bond donors (Lipinski definition) is 3. The highest BCUT2D eigenvalue weighted by atomic mass is 16.4. The van der Waals surface area contributed by atoms with E-state index in [1.165, 1.54) is 103 Å². The van der Waals surface area contributed by atoms with E-state index in [0.717, 1.165) is 12.8 Å². The first-order valence-electron chi connectivity index (χ1n) is 17.4. The summed E-state index contributed by atoms with van der Waals surface area (Å²) in [6.45, 7) is 7.54. The third-order valence-electron chi connectivity index (χ3n) is 9.08. The molecule has 7 heteroatoms. The molecule has 42 heavy (non-hydrogen) atoms. The fourth-order valence-corrected chi connectivity index (χ4v) is 6.80. The quantitative estimate of drug-likeness (QED) is 0.0433. The number of allylic oxidation sites excluding steroid dienone is 1. The van der Waals surface area contributed by atoms with Gasteiger partial charge in [0.25, 0.3) is 0 Å². The van der Waals surface area contributed by atoms with Crippen molar-refractivity contribution in [2.75, 3.05) is 6.54 Å². The molecule has 0 radical (unpaired) electrons. The molecule has 0 aromatic heterocycles. The van der Waals surface area contributed by atoms with E-state index < -0.39 is 40.5 Å². The van der Waals surface area contributed by atoms with Crippen LogP contribution in [0, 0.1) is 0 Å². The summed E-state index contributed by atoms with van der Waals surface area (Å²) < 4.78 is -0.451. The summed E-state index contributed by atoms with van der Waals surface area (Å²) in [7, 11) is 0. The fraction of sp³-hybridized carbons (Fsp3) is 0.857. The van der Waals surface area contributed by atoms with Crippen LogP contribution in [0.2, 0.25) is 0 Å². The molecule has 3 unspecified atom stereocenters. The molecule has 0 aliphatic carbocycles. The molecule has 0 bridgehead atoms. The molecule has 0 aromatic carbocycles. The van der Waals surface area contributed by atoms with Gasteiger partial charge in [-0.25, -0.2) is 14.4 Å². The topological polar surface area (TPSA) is 112 Å². The fourth-order valence-electron chi connectivity index (χ4n) is 6.80. The first-order valence-corrected chi connectivity index (χ1v) is 17.4. The summed E-state index contributed by atoms with van der Waals surface area (Å²) in [4.78, 5) is 36.8. The molecule has 0 heterocycles. The van der Waals surface area contributed by atoms with Gasteiger partial charge in [-0.3, -0.25) is 4.48 Å². The van der Waals surface area contributed by atoms with Crippen LogP contribution in [0.1, 0.15) is 169 Å². The summed E-state index contributed by atoms with van der Waals surface area (Å²) in [5.41, 5.74) is 0. The number of quaternary nitrogens is 1. The van der Waals surface area contributed by atoms with Gasteiger partial charge >= 0.3 is 17.9 Å². The number of carboxylic acid groups (broad SMARTS) is 3. The van der Waals surface area contributed by atoms with E-state index in [4.69, 9.17) is 0 Å². The average Bonchev–Trinajstić information content (AvgIpc) is 2.94. The summed E-state index contributed by atoms with van der Waals surface area (Å²) in [5.74, 6) is -3.40. The van der Waals surface area contributed by atoms with Gasteiger partial charge in [0.05, 0.1) is 6.54 Å². The van der Waals surface area contributed by atoms with Gasteiger partial charge in [0.2, 0.25) is 0 Å². The molecule has 246 valence electrons. The predicted molar refractivity (Wildman–Crippen MR) is 173 cm³/mol. The second-order valence-corrected chi connectivity index (χ2v) is 12.2. The Bertz CT molecular complexity index is 682. The van der Waals surface area contributed by atoms with Gasteiger partial charge in [0.15, 0.2) is 18.1 Å². The van der Waals surface area contributed by atoms with Crippen molar-refractivity contribution in [3.8, 4) is 0 Å². The number of aliphatic carboxylic acids is 3. The molecular weight excluding hydrogens is 530 g/mol. The lowest BCUT2D eigenvalue weighted by Gasteiger charge is -2.49. The number of nitrogens with zero attached hydrogens (tertiary/aromatic N) is 1. The smallest absolute Gasteiger partial charge is 0.362 e. The van der Waals surface area contributed by atoms with Crippen LogP contribution in [0.25, 0.3) is 0 Å². The van der Waals surface area contributed by atoms with E-state index in [0.29, 0.717) is 6.42 Å². The summed E-state index contributed by atoms with van der Waals surface area (Å²) >= 11 is 0. The van der Waals surface area contributed by atoms with Crippen LogP contribution >= 0.6 is 0 Å². The Kier molecular flexibility index (Phi) is 24.4. The molecule has 0 fully saturated rings. The van der Waals surface area contributed by atoms with Crippen LogP contribution in [0.5, 0.6) is 0 Å². The zero-order valence-electron chi connectivity index (χ0n) is 27.7. The minimum Gasteiger partial charge on any atom is -0.477 e. The second kappa shape index (κ2) is 25.6. The standard InChI is InChI=1S/C35H65NO6/c1-5-9-10-11-12-13-14-15-16-17-18-19-20-21-22-23-24-25-26-27-28-29-36(30(6-2)33(37)38,31(7-3)34(39)40)32(8-4)35(41)42/h26-27,30-32H,5-25,28-29H2,1-4H3,(H2-,37,38,39,40,41,42)/p+1/b27-26+. The van der Waals surface area contributed by atoms with Crippen LogP contribution in [0.4, 0.5) is 0 Å². The highest BCUT2D eigenvalue weighted by Crippen LogP contribution is 2.32. The van der Waals surface area contributed by atoms with Crippen molar-refractivity contribution in [3.05, 3.63) is 12.2 Å². The zero-order valence-corrected chi connectivity index (χ0v) is 27.7. The van der Waals surface area contributed by atoms with Crippen LogP contribution in [-0.2, 0) is 14.4 Å². The van der Waals surface area contributed by atoms with Gasteiger partial charge < -0.3 is 15.3 Å². The van der Waals surface area contributed by atoms with E-state index in [-0.39, 0.29) is 25.8 Å². The van der Waals surface area contributed by atoms with Gasteiger partial charge in [-0.15, -0.1) is 0 Å². The Labute approximate surface area is 257 Å². The van der Waals surface area contributed by atoms with E-state index in [1.54, 1.807) is 20.8 Å². The van der Waals surface area contributed by atoms with E-state index in [9.17, 15) is 29.7 Å². The molecule has 0 saturated carbocycles. The lowest BCUT2D eigenvalue weighted by atomic mass is 9.94. The van der Waals surface area contributed by atoms with Gasteiger partial charge in [-0.2, -0.15) is 0 Å². The van der Waals surface area contributed by atoms with Gasteiger partial charge in [-0.1, -0.05) is 143 Å². The third kappa shape index (κ3) is 15.5. The van der Waals surface area contributed by atoms with Crippen LogP contribution < -0.4 is 0 Å². The Morgan fingerprint density at radius 3 is 1.05 bits per heavy atom. The maximum absolute atomic E-state index is 12.3. The Hall–Kier alpha value is -1.89. The summed E-state index contributed by atoms with van der Waals surface area (Å²) in [6.07, 6.45) is 28.8. The minimum atomic E-state index is -1.13. The molecule has 0 aliphatic heterocycles. The molecule has 0 aliphatic rings. The van der Waals surface area contributed by atoms with Crippen molar-refractivity contribution >= 4 is 17.9 Å². The van der Waals surface area contributed by atoms with E-state index in [1.807, 2.05) is 6.08 Å². The van der Waals surface area contributed by atoms with E-state index >= 15 is 0 Å². The zero-order chi connectivity index (χ0) is 31.6. The number of hydrogen-bond acceptors (Lipinski definition) is 3. The molecule has 3 atom stereocenters. The van der Waals surface area contributed by atoms with Crippen molar-refractivity contribution in [1.82, 2.24) is 0 Å². The monoisotopic (exact) mass is 596 g/mol. The highest BCUT2D eigenvalue weighted by molar-refractivity contribution is 5.78. The summed E-state index contributed by atoms with van der Waals surface area (Å²) in [6, 6.07) is -3.28. The number of carbonyl (C=O) groups is 3. The molecule has 3 N–H and O–H groups in total. The predicted octanol–water partition coefficient (Wildman–Crippen LogP) is 9.38. The largest absolute Gasteiger partial charge is 0.477 e. The molecule has 0 aromatic rings. The lowest BCUT2D eigenvalue weighted by molar-refractivity contribution is -0.972. The number of rotatable bonds is 30. The molecule has 0 saturated heterocycles. The first-order chi connectivity index (χ1) is 20.2. The van der Waals surface area contributed by atoms with Crippen molar-refractivity contribution in [1.29, 1.82) is 0 Å². The van der Waals surface area contributed by atoms with E-state index in [2.05, 4.69) is 13.0 Å². The Morgan fingerprint density at radius 1 is 0.476 bits per heavy atom. The van der Waals surface area contributed by atoms with Gasteiger partial charge in [0.1, 0.15) is 0 Å². The van der Waals surface area contributed by atoms with Crippen LogP contribution in [0.3, 0.4) is 0 Å². The van der Waals surface area contributed by atoms with Crippen molar-refractivity contribution in [2.24, 2.45) is 0 Å². The van der Waals surface area contributed by atoms with Crippen LogP contribution in [-0.4, -0.2) is 62.4 Å². The maximum atomic E-state index is 12.3. The first kappa shape index (κ1) is 40.1. The Balaban J connectivity index is 4.42. The van der Waals surface area contributed by atoms with Crippen molar-refractivity contribution < 1.29 is 34.2 Å². The average molecular weight is 597 g/mol. The van der Waals surface area contributed by atoms with Crippen LogP contribution in [0.15, 0.2) is 12.2 Å². The van der Waals surface area contributed by atoms with Gasteiger partial charge in [0, 0.05) is 25.7 Å². The highest BCUT2D eigenvalue weighted by Gasteiger charge is 2.55. The van der Waals surface area contributed by atoms with Gasteiger partial charge in [-0.05, 0) is 12.8 Å². The molecule has 0 amide bonds. The molecule has 0 rings (SSSR count). The minimum absolute atomic E-state index is 0.172.